The third kappa shape index (κ3) is 11.0. The summed E-state index contributed by atoms with van der Waals surface area (Å²) in [6, 6.07) is 17.2. The summed E-state index contributed by atoms with van der Waals surface area (Å²) in [5, 5.41) is 62.4. The lowest BCUT2D eigenvalue weighted by Gasteiger charge is -2.33. The molecule has 1 saturated heterocycles. The van der Waals surface area contributed by atoms with Crippen molar-refractivity contribution in [3.05, 3.63) is 98.4 Å². The molecule has 1 amide bonds. The van der Waals surface area contributed by atoms with Crippen molar-refractivity contribution in [2.45, 2.75) is 58.9 Å². The monoisotopic (exact) mass is 680 g/mol. The first-order valence-electron chi connectivity index (χ1n) is 16.6. The van der Waals surface area contributed by atoms with Crippen LogP contribution in [-0.2, 0) is 26.2 Å². The highest BCUT2D eigenvalue weighted by molar-refractivity contribution is 5.97. The van der Waals surface area contributed by atoms with Crippen LogP contribution < -0.4 is 5.32 Å². The highest BCUT2D eigenvalue weighted by Gasteiger charge is 2.25. The van der Waals surface area contributed by atoms with Gasteiger partial charge in [0.05, 0.1) is 17.7 Å². The minimum Gasteiger partial charge on any atom is -0.507 e. The maximum Gasteiger partial charge on any atom is 0.326 e. The van der Waals surface area contributed by atoms with E-state index in [-0.39, 0.29) is 23.6 Å². The molecule has 1 aliphatic heterocycles. The van der Waals surface area contributed by atoms with Gasteiger partial charge in [0.1, 0.15) is 24.3 Å². The molecule has 1 fully saturated rings. The van der Waals surface area contributed by atoms with Gasteiger partial charge in [0, 0.05) is 66.6 Å². The Morgan fingerprint density at radius 3 is 1.86 bits per heavy atom. The van der Waals surface area contributed by atoms with E-state index < -0.39 is 31.6 Å². The molecule has 1 heterocycles. The number of hydrogen-bond acceptors (Lipinski definition) is 11. The number of carbonyl (C=O) groups excluding carboxylic acids is 1. The highest BCUT2D eigenvalue weighted by Crippen LogP contribution is 2.28. The molecular formula is C36H50N5O8+. The van der Waals surface area contributed by atoms with E-state index in [1.54, 1.807) is 12.1 Å². The van der Waals surface area contributed by atoms with Crippen LogP contribution in [-0.4, -0.2) is 121 Å². The van der Waals surface area contributed by atoms with Gasteiger partial charge in [-0.2, -0.15) is 0 Å². The number of nitrogens with one attached hydrogen (secondary N) is 1. The fourth-order valence-corrected chi connectivity index (χ4v) is 6.18. The van der Waals surface area contributed by atoms with Gasteiger partial charge in [-0.15, -0.1) is 0 Å². The van der Waals surface area contributed by atoms with Gasteiger partial charge >= 0.3 is 6.23 Å². The summed E-state index contributed by atoms with van der Waals surface area (Å²) in [7, 11) is 0. The number of nitrogens with zero attached hydrogens (tertiary/aromatic N) is 4. The Morgan fingerprint density at radius 2 is 1.29 bits per heavy atom. The number of benzene rings is 3. The molecule has 0 bridgehead atoms. The second kappa shape index (κ2) is 18.2. The van der Waals surface area contributed by atoms with Crippen LogP contribution in [0.2, 0.25) is 0 Å². The van der Waals surface area contributed by atoms with Gasteiger partial charge in [0.2, 0.25) is 6.54 Å². The molecule has 49 heavy (non-hydrogen) atoms. The van der Waals surface area contributed by atoms with E-state index in [0.717, 1.165) is 50.3 Å². The van der Waals surface area contributed by atoms with Crippen LogP contribution >= 0.6 is 0 Å². The number of aryl methyl sites for hydroxylation is 2. The Morgan fingerprint density at radius 1 is 0.755 bits per heavy atom. The molecule has 0 aromatic heterocycles. The van der Waals surface area contributed by atoms with Crippen LogP contribution in [0.4, 0.5) is 0 Å². The Bertz CT molecular complexity index is 1560. The van der Waals surface area contributed by atoms with Crippen molar-refractivity contribution >= 4 is 5.91 Å². The molecule has 3 aromatic carbocycles. The van der Waals surface area contributed by atoms with Crippen molar-refractivity contribution in [1.29, 1.82) is 0 Å². The number of hydrogen-bond donors (Lipinski definition) is 7. The van der Waals surface area contributed by atoms with Crippen LogP contribution in [0.25, 0.3) is 0 Å². The molecule has 2 unspecified atom stereocenters. The summed E-state index contributed by atoms with van der Waals surface area (Å²) in [5.41, 5.74) is 4.50. The fraction of sp³-hybridized carbons (Fsp3) is 0.472. The zero-order valence-electron chi connectivity index (χ0n) is 28.3. The van der Waals surface area contributed by atoms with Crippen LogP contribution in [0.3, 0.4) is 0 Å². The Kier molecular flexibility index (Phi) is 14.0. The first kappa shape index (κ1) is 37.9. The Balaban J connectivity index is 1.55. The summed E-state index contributed by atoms with van der Waals surface area (Å²) in [4.78, 5) is 31.9. The summed E-state index contributed by atoms with van der Waals surface area (Å²) in [6.07, 6.45) is -2.23. The van der Waals surface area contributed by atoms with Crippen molar-refractivity contribution in [3.63, 3.8) is 0 Å². The topological polar surface area (TPSA) is 180 Å². The average molecular weight is 681 g/mol. The molecule has 13 heteroatoms. The molecule has 266 valence electrons. The second-order valence-corrected chi connectivity index (χ2v) is 12.8. The van der Waals surface area contributed by atoms with Gasteiger partial charge in [-0.3, -0.25) is 19.5 Å². The van der Waals surface area contributed by atoms with E-state index in [4.69, 9.17) is 5.11 Å². The number of nitroso groups, excluding NO2 is 1. The number of carbonyl (C=O) groups is 1. The summed E-state index contributed by atoms with van der Waals surface area (Å²) in [5.74, 6) is -0.843. The maximum atomic E-state index is 12.8. The van der Waals surface area contributed by atoms with E-state index in [1.807, 2.05) is 44.2 Å². The van der Waals surface area contributed by atoms with Gasteiger partial charge in [0.25, 0.3) is 5.91 Å². The van der Waals surface area contributed by atoms with Gasteiger partial charge in [0.15, 0.2) is 0 Å². The van der Waals surface area contributed by atoms with Crippen molar-refractivity contribution in [2.24, 2.45) is 0 Å². The smallest absolute Gasteiger partial charge is 0.326 e. The fourth-order valence-electron chi connectivity index (χ4n) is 6.18. The minimum atomic E-state index is -1.58. The summed E-state index contributed by atoms with van der Waals surface area (Å²) in [6.45, 7) is 8.05. The number of phenolic OH excluding ortho intramolecular Hbond substituents is 2. The first-order valence-corrected chi connectivity index (χ1v) is 16.6. The van der Waals surface area contributed by atoms with Gasteiger partial charge < -0.3 is 36.0 Å². The second-order valence-electron chi connectivity index (χ2n) is 12.8. The van der Waals surface area contributed by atoms with Crippen LogP contribution in [0.5, 0.6) is 11.5 Å². The quantitative estimate of drug-likeness (QED) is 0.103. The van der Waals surface area contributed by atoms with Crippen molar-refractivity contribution in [3.8, 4) is 11.5 Å². The lowest BCUT2D eigenvalue weighted by Crippen LogP contribution is -2.42. The lowest BCUT2D eigenvalue weighted by molar-refractivity contribution is -0.642. The molecule has 0 saturated carbocycles. The van der Waals surface area contributed by atoms with E-state index >= 15 is 0 Å². The van der Waals surface area contributed by atoms with E-state index in [1.165, 1.54) is 5.56 Å². The van der Waals surface area contributed by atoms with Crippen LogP contribution in [0.1, 0.15) is 50.2 Å². The van der Waals surface area contributed by atoms with Crippen molar-refractivity contribution in [1.82, 2.24) is 20.0 Å². The number of aliphatic hydroxyl groups is 4. The normalized spacial score (nSPS) is 16.6. The minimum absolute atomic E-state index is 0.00211. The molecule has 0 radical (unpaired) electrons. The van der Waals surface area contributed by atoms with Crippen LogP contribution in [0, 0.1) is 18.8 Å². The predicted octanol–water partition coefficient (Wildman–Crippen LogP) is 1.55. The maximum absolute atomic E-state index is 12.8. The van der Waals surface area contributed by atoms with E-state index in [9.17, 15) is 35.2 Å². The van der Waals surface area contributed by atoms with Crippen LogP contribution in [0.15, 0.2) is 54.6 Å². The molecular weight excluding hydrogens is 630 g/mol. The highest BCUT2D eigenvalue weighted by atomic mass is 16.4. The summed E-state index contributed by atoms with van der Waals surface area (Å²) >= 11 is 0. The number of aliphatic hydroxyl groups excluding tert-OH is 4. The van der Waals surface area contributed by atoms with E-state index in [0.29, 0.717) is 47.6 Å². The Hall–Kier alpha value is -3.95. The molecule has 2 atom stereocenters. The average Bonchev–Trinajstić information content (AvgIpc) is 3.08. The van der Waals surface area contributed by atoms with Gasteiger partial charge in [-0.25, -0.2) is 0 Å². The van der Waals surface area contributed by atoms with E-state index in [2.05, 4.69) is 32.1 Å². The molecule has 4 rings (SSSR count). The SMILES string of the molecule is Cc1cc(CN2CCCN(Cc3cc(C)cc(C(=O)NC(O)CO)c3O)CCN(Cc3ccccc3)CC2)c(O)c(C[N+](=O)C(O)CO)c1. The third-order valence-electron chi connectivity index (χ3n) is 8.73. The largest absolute Gasteiger partial charge is 0.507 e. The number of amides is 1. The number of aromatic hydroxyl groups is 2. The summed E-state index contributed by atoms with van der Waals surface area (Å²) < 4.78 is 0.345. The molecule has 1 aliphatic rings. The third-order valence-corrected chi connectivity index (χ3v) is 8.73. The van der Waals surface area contributed by atoms with Gasteiger partial charge in [-0.1, -0.05) is 48.0 Å². The van der Waals surface area contributed by atoms with Gasteiger partial charge in [-0.05, 0) is 56.6 Å². The number of phenols is 2. The molecule has 13 nitrogen and oxygen atoms in total. The molecule has 3 aromatic rings. The molecule has 0 aliphatic carbocycles. The first-order chi connectivity index (χ1) is 23.5. The lowest BCUT2D eigenvalue weighted by atomic mass is 10.0. The number of rotatable bonds is 13. The predicted molar refractivity (Wildman–Crippen MR) is 184 cm³/mol. The molecule has 7 N–H and O–H groups in total. The zero-order chi connectivity index (χ0) is 35.5. The standard InChI is InChI=1S/C36H49N5O8/c1-25-15-28(34(46)30(16-25)22-41(49)33(45)24-43)20-38-9-6-10-39(12-14-40(13-11-38)19-27-7-4-3-5-8-27)21-29-17-26(2)18-31(35(29)47)36(48)37-32(44)23-42/h3-5,7-8,15-18,32-33,42-45H,6,9-14,19-24H2,1-2H3,(H2-,37,46,47,48)/p+1. The van der Waals surface area contributed by atoms with Crippen molar-refractivity contribution < 1.29 is 40.2 Å². The Labute approximate surface area is 287 Å². The molecule has 0 spiro atoms. The van der Waals surface area contributed by atoms with Crippen molar-refractivity contribution in [2.75, 3.05) is 52.5 Å². The zero-order valence-corrected chi connectivity index (χ0v) is 28.3.